The topological polar surface area (TPSA) is 49.4 Å². The predicted octanol–water partition coefficient (Wildman–Crippen LogP) is 2.22. The Balaban J connectivity index is 1.94. The second-order valence-corrected chi connectivity index (χ2v) is 6.12. The van der Waals surface area contributed by atoms with E-state index in [9.17, 15) is 9.59 Å². The first-order chi connectivity index (χ1) is 9.11. The molecule has 0 bridgehead atoms. The third-order valence-corrected chi connectivity index (χ3v) is 4.46. The van der Waals surface area contributed by atoms with Crippen molar-refractivity contribution >= 4 is 33.4 Å². The van der Waals surface area contributed by atoms with Crippen molar-refractivity contribution in [1.82, 2.24) is 5.32 Å². The average molecular weight is 323 g/mol. The highest BCUT2D eigenvalue weighted by Crippen LogP contribution is 2.35. The Labute approximate surface area is 120 Å². The molecule has 4 nitrogen and oxygen atoms in total. The van der Waals surface area contributed by atoms with Crippen molar-refractivity contribution in [2.75, 3.05) is 11.4 Å². The predicted molar refractivity (Wildman–Crippen MR) is 75.8 cm³/mol. The van der Waals surface area contributed by atoms with Crippen molar-refractivity contribution in [2.24, 2.45) is 0 Å². The molecule has 0 atom stereocenters. The molecule has 1 saturated heterocycles. The summed E-state index contributed by atoms with van der Waals surface area (Å²) in [4.78, 5) is 26.2. The number of anilines is 1. The Hall–Kier alpha value is -1.36. The largest absolute Gasteiger partial charge is 0.340 e. The van der Waals surface area contributed by atoms with Crippen molar-refractivity contribution in [3.63, 3.8) is 0 Å². The van der Waals surface area contributed by atoms with Crippen LogP contribution in [0.1, 0.15) is 25.7 Å². The van der Waals surface area contributed by atoms with Crippen LogP contribution in [-0.2, 0) is 9.59 Å². The summed E-state index contributed by atoms with van der Waals surface area (Å²) >= 11 is 3.37. The molecule has 1 spiro atoms. The molecule has 1 aliphatic heterocycles. The first-order valence-corrected chi connectivity index (χ1v) is 7.29. The maximum atomic E-state index is 12.7. The van der Waals surface area contributed by atoms with E-state index in [-0.39, 0.29) is 18.4 Å². The van der Waals surface area contributed by atoms with Crippen LogP contribution in [0.25, 0.3) is 0 Å². The summed E-state index contributed by atoms with van der Waals surface area (Å²) in [6, 6.07) is 7.50. The summed E-state index contributed by atoms with van der Waals surface area (Å²) < 4.78 is 0.959. The number of hydrogen-bond acceptors (Lipinski definition) is 2. The van der Waals surface area contributed by atoms with E-state index in [0.717, 1.165) is 35.8 Å². The van der Waals surface area contributed by atoms with Crippen molar-refractivity contribution in [3.05, 3.63) is 28.7 Å². The standard InChI is InChI=1S/C14H15BrN2O2/c15-10-3-5-11(6-4-10)17-9-12(18)16-14(13(17)19)7-1-2-8-14/h3-6H,1-2,7-9H2,(H,16,18). The molecular weight excluding hydrogens is 308 g/mol. The molecule has 19 heavy (non-hydrogen) atoms. The van der Waals surface area contributed by atoms with Crippen LogP contribution in [0.4, 0.5) is 5.69 Å². The minimum absolute atomic E-state index is 0.0342. The lowest BCUT2D eigenvalue weighted by atomic mass is 9.92. The molecule has 100 valence electrons. The summed E-state index contributed by atoms with van der Waals surface area (Å²) in [5, 5.41) is 2.91. The van der Waals surface area contributed by atoms with Gasteiger partial charge in [-0.25, -0.2) is 0 Å². The van der Waals surface area contributed by atoms with Crippen LogP contribution < -0.4 is 10.2 Å². The van der Waals surface area contributed by atoms with E-state index in [1.54, 1.807) is 4.90 Å². The number of carbonyl (C=O) groups excluding carboxylic acids is 2. The number of rotatable bonds is 1. The molecule has 1 N–H and O–H groups in total. The van der Waals surface area contributed by atoms with Crippen LogP contribution >= 0.6 is 15.9 Å². The minimum Gasteiger partial charge on any atom is -0.340 e. The van der Waals surface area contributed by atoms with Gasteiger partial charge in [0.1, 0.15) is 12.1 Å². The molecule has 2 fully saturated rings. The van der Waals surface area contributed by atoms with Crippen LogP contribution in [-0.4, -0.2) is 23.9 Å². The van der Waals surface area contributed by atoms with Gasteiger partial charge in [-0.05, 0) is 37.1 Å². The van der Waals surface area contributed by atoms with Crippen LogP contribution in [0, 0.1) is 0 Å². The molecule has 1 aromatic rings. The van der Waals surface area contributed by atoms with Crippen molar-refractivity contribution in [1.29, 1.82) is 0 Å². The molecule has 0 unspecified atom stereocenters. The van der Waals surface area contributed by atoms with Gasteiger partial charge in [-0.1, -0.05) is 28.8 Å². The molecule has 0 aromatic heterocycles. The molecule has 2 amide bonds. The van der Waals surface area contributed by atoms with E-state index in [1.165, 1.54) is 0 Å². The summed E-state index contributed by atoms with van der Waals surface area (Å²) in [5.74, 6) is -0.0312. The highest BCUT2D eigenvalue weighted by molar-refractivity contribution is 9.10. The second kappa shape index (κ2) is 4.63. The highest BCUT2D eigenvalue weighted by atomic mass is 79.9. The zero-order valence-electron chi connectivity index (χ0n) is 10.5. The van der Waals surface area contributed by atoms with Crippen molar-refractivity contribution in [2.45, 2.75) is 31.2 Å². The van der Waals surface area contributed by atoms with E-state index < -0.39 is 5.54 Å². The number of hydrogen-bond donors (Lipinski definition) is 1. The summed E-state index contributed by atoms with van der Waals surface area (Å²) in [6.45, 7) is 0.113. The molecule has 1 aromatic carbocycles. The molecule has 5 heteroatoms. The number of benzene rings is 1. The van der Waals surface area contributed by atoms with Gasteiger partial charge in [0.25, 0.3) is 5.91 Å². The molecule has 2 aliphatic rings. The van der Waals surface area contributed by atoms with Gasteiger partial charge in [-0.3, -0.25) is 9.59 Å². The first-order valence-electron chi connectivity index (χ1n) is 6.49. The molecule has 0 radical (unpaired) electrons. The van der Waals surface area contributed by atoms with Crippen molar-refractivity contribution in [3.8, 4) is 0 Å². The van der Waals surface area contributed by atoms with Crippen LogP contribution in [0.15, 0.2) is 28.7 Å². The monoisotopic (exact) mass is 322 g/mol. The second-order valence-electron chi connectivity index (χ2n) is 5.21. The molecule has 3 rings (SSSR count). The van der Waals surface area contributed by atoms with E-state index in [4.69, 9.17) is 0 Å². The van der Waals surface area contributed by atoms with Gasteiger partial charge in [0, 0.05) is 10.2 Å². The average Bonchev–Trinajstić information content (AvgIpc) is 2.84. The zero-order chi connectivity index (χ0) is 13.5. The van der Waals surface area contributed by atoms with Gasteiger partial charge in [0.15, 0.2) is 0 Å². The van der Waals surface area contributed by atoms with Gasteiger partial charge >= 0.3 is 0 Å². The molecular formula is C14H15BrN2O2. The van der Waals surface area contributed by atoms with Crippen LogP contribution in [0.3, 0.4) is 0 Å². The minimum atomic E-state index is -0.650. The van der Waals surface area contributed by atoms with Crippen LogP contribution in [0.2, 0.25) is 0 Å². The summed E-state index contributed by atoms with van der Waals surface area (Å²) in [7, 11) is 0. The van der Waals surface area contributed by atoms with E-state index in [1.807, 2.05) is 24.3 Å². The lowest BCUT2D eigenvalue weighted by Gasteiger charge is -2.39. The Kier molecular flexibility index (Phi) is 3.09. The third kappa shape index (κ3) is 2.16. The molecule has 1 saturated carbocycles. The fourth-order valence-electron chi connectivity index (χ4n) is 2.98. The maximum absolute atomic E-state index is 12.7. The SMILES string of the molecule is O=C1CN(c2ccc(Br)cc2)C(=O)C2(CCCC2)N1. The van der Waals surface area contributed by atoms with Gasteiger partial charge < -0.3 is 10.2 Å². The smallest absolute Gasteiger partial charge is 0.253 e. The highest BCUT2D eigenvalue weighted by Gasteiger charge is 2.48. The van der Waals surface area contributed by atoms with Crippen LogP contribution in [0.5, 0.6) is 0 Å². The van der Waals surface area contributed by atoms with E-state index in [2.05, 4.69) is 21.2 Å². The van der Waals surface area contributed by atoms with Gasteiger partial charge in [0.05, 0.1) is 0 Å². The molecule has 1 aliphatic carbocycles. The van der Waals surface area contributed by atoms with Gasteiger partial charge in [0.2, 0.25) is 5.91 Å². The number of amides is 2. The number of nitrogens with zero attached hydrogens (tertiary/aromatic N) is 1. The Morgan fingerprint density at radius 3 is 2.37 bits per heavy atom. The Morgan fingerprint density at radius 1 is 1.11 bits per heavy atom. The number of nitrogens with one attached hydrogen (secondary N) is 1. The normalized spacial score (nSPS) is 21.8. The maximum Gasteiger partial charge on any atom is 0.253 e. The van der Waals surface area contributed by atoms with E-state index >= 15 is 0 Å². The third-order valence-electron chi connectivity index (χ3n) is 3.93. The zero-order valence-corrected chi connectivity index (χ0v) is 12.1. The van der Waals surface area contributed by atoms with Crippen molar-refractivity contribution < 1.29 is 9.59 Å². The summed E-state index contributed by atoms with van der Waals surface area (Å²) in [5.41, 5.74) is 0.136. The van der Waals surface area contributed by atoms with Gasteiger partial charge in [-0.15, -0.1) is 0 Å². The Morgan fingerprint density at radius 2 is 1.74 bits per heavy atom. The lowest BCUT2D eigenvalue weighted by molar-refractivity contribution is -0.135. The number of halogens is 1. The fraction of sp³-hybridized carbons (Fsp3) is 0.429. The lowest BCUT2D eigenvalue weighted by Crippen LogP contribution is -2.65. The fourth-order valence-corrected chi connectivity index (χ4v) is 3.24. The number of piperazine rings is 1. The Bertz CT molecular complexity index is 521. The first kappa shape index (κ1) is 12.7. The van der Waals surface area contributed by atoms with Gasteiger partial charge in [-0.2, -0.15) is 0 Å². The quantitative estimate of drug-likeness (QED) is 0.862. The van der Waals surface area contributed by atoms with E-state index in [0.29, 0.717) is 0 Å². The number of carbonyl (C=O) groups is 2. The summed E-state index contributed by atoms with van der Waals surface area (Å²) in [6.07, 6.45) is 3.51. The molecule has 1 heterocycles.